The van der Waals surface area contributed by atoms with E-state index in [9.17, 15) is 4.79 Å². The van der Waals surface area contributed by atoms with E-state index in [1.165, 1.54) is 31.4 Å². The van der Waals surface area contributed by atoms with Gasteiger partial charge < -0.3 is 9.80 Å². The number of likely N-dealkylation sites (tertiary alicyclic amines) is 1. The fraction of sp³-hybridized carbons (Fsp3) is 0.611. The number of carbonyl (C=O) groups excluding carboxylic acids is 1. The van der Waals surface area contributed by atoms with Crippen LogP contribution in [0, 0.1) is 5.92 Å². The Morgan fingerprint density at radius 2 is 1.71 bits per heavy atom. The standard InChI is InChI=1S/C18H26N2O/c1-15-6-5-13-20(14-15)18(21)16-7-9-17(10-8-16)19-11-3-2-4-12-19/h7-10,15H,2-6,11-14H2,1H3/t15-/m0/s1. The summed E-state index contributed by atoms with van der Waals surface area (Å²) in [6, 6.07) is 8.24. The molecule has 0 bridgehead atoms. The number of rotatable bonds is 2. The smallest absolute Gasteiger partial charge is 0.253 e. The molecule has 0 spiro atoms. The Kier molecular flexibility index (Phi) is 4.47. The van der Waals surface area contributed by atoms with E-state index in [-0.39, 0.29) is 5.91 Å². The van der Waals surface area contributed by atoms with E-state index in [4.69, 9.17) is 0 Å². The van der Waals surface area contributed by atoms with Crippen LogP contribution in [0.3, 0.4) is 0 Å². The van der Waals surface area contributed by atoms with Gasteiger partial charge in [0.05, 0.1) is 0 Å². The zero-order valence-corrected chi connectivity index (χ0v) is 13.1. The minimum absolute atomic E-state index is 0.201. The topological polar surface area (TPSA) is 23.6 Å². The number of carbonyl (C=O) groups is 1. The molecule has 1 amide bonds. The summed E-state index contributed by atoms with van der Waals surface area (Å²) in [6.45, 7) is 6.36. The van der Waals surface area contributed by atoms with Crippen molar-refractivity contribution in [1.29, 1.82) is 0 Å². The van der Waals surface area contributed by atoms with Gasteiger partial charge in [-0.2, -0.15) is 0 Å². The fourth-order valence-corrected chi connectivity index (χ4v) is 3.52. The summed E-state index contributed by atoms with van der Waals surface area (Å²) >= 11 is 0. The molecule has 3 nitrogen and oxygen atoms in total. The van der Waals surface area contributed by atoms with Crippen molar-refractivity contribution in [2.75, 3.05) is 31.1 Å². The van der Waals surface area contributed by atoms with Crippen LogP contribution < -0.4 is 4.90 Å². The van der Waals surface area contributed by atoms with Crippen molar-refractivity contribution in [2.24, 2.45) is 5.92 Å². The molecule has 3 heteroatoms. The molecule has 2 aliphatic heterocycles. The predicted octanol–water partition coefficient (Wildman–Crippen LogP) is 3.55. The van der Waals surface area contributed by atoms with E-state index in [0.717, 1.165) is 38.2 Å². The number of hydrogen-bond acceptors (Lipinski definition) is 2. The Hall–Kier alpha value is -1.51. The molecular formula is C18H26N2O. The molecule has 0 aliphatic carbocycles. The Morgan fingerprint density at radius 3 is 2.38 bits per heavy atom. The van der Waals surface area contributed by atoms with Gasteiger partial charge in [-0.05, 0) is 62.3 Å². The van der Waals surface area contributed by atoms with Crippen LogP contribution in [0.2, 0.25) is 0 Å². The molecule has 0 unspecified atom stereocenters. The highest BCUT2D eigenvalue weighted by atomic mass is 16.2. The molecule has 2 fully saturated rings. The third-order valence-corrected chi connectivity index (χ3v) is 4.78. The molecule has 114 valence electrons. The highest BCUT2D eigenvalue weighted by Gasteiger charge is 2.22. The van der Waals surface area contributed by atoms with E-state index in [1.807, 2.05) is 17.0 Å². The van der Waals surface area contributed by atoms with Gasteiger partial charge in [-0.25, -0.2) is 0 Å². The number of nitrogens with zero attached hydrogens (tertiary/aromatic N) is 2. The maximum Gasteiger partial charge on any atom is 0.253 e. The Morgan fingerprint density at radius 1 is 1.00 bits per heavy atom. The normalized spacial score (nSPS) is 23.2. The lowest BCUT2D eigenvalue weighted by Gasteiger charge is -2.31. The van der Waals surface area contributed by atoms with Crippen LogP contribution in [-0.2, 0) is 0 Å². The minimum Gasteiger partial charge on any atom is -0.372 e. The number of piperidine rings is 2. The molecule has 3 rings (SSSR count). The SMILES string of the molecule is C[C@H]1CCCN(C(=O)c2ccc(N3CCCCC3)cc2)C1. The van der Waals surface area contributed by atoms with Crippen LogP contribution in [0.1, 0.15) is 49.4 Å². The van der Waals surface area contributed by atoms with Crippen molar-refractivity contribution in [1.82, 2.24) is 4.90 Å². The maximum atomic E-state index is 12.5. The second-order valence-corrected chi connectivity index (χ2v) is 6.59. The van der Waals surface area contributed by atoms with Crippen molar-refractivity contribution in [2.45, 2.75) is 39.0 Å². The molecule has 2 aliphatic rings. The van der Waals surface area contributed by atoms with Gasteiger partial charge in [0.2, 0.25) is 0 Å². The number of benzene rings is 1. The van der Waals surface area contributed by atoms with E-state index < -0.39 is 0 Å². The van der Waals surface area contributed by atoms with Crippen LogP contribution in [-0.4, -0.2) is 37.0 Å². The molecule has 0 aromatic heterocycles. The van der Waals surface area contributed by atoms with Gasteiger partial charge in [-0.15, -0.1) is 0 Å². The van der Waals surface area contributed by atoms with Gasteiger partial charge in [-0.1, -0.05) is 6.92 Å². The molecule has 1 aromatic carbocycles. The van der Waals surface area contributed by atoms with E-state index >= 15 is 0 Å². The molecule has 1 aromatic rings. The molecule has 1 atom stereocenters. The lowest BCUT2D eigenvalue weighted by molar-refractivity contribution is 0.0683. The fourth-order valence-electron chi connectivity index (χ4n) is 3.52. The zero-order valence-electron chi connectivity index (χ0n) is 13.1. The molecule has 2 saturated heterocycles. The first kappa shape index (κ1) is 14.4. The van der Waals surface area contributed by atoms with Crippen LogP contribution in [0.25, 0.3) is 0 Å². The second kappa shape index (κ2) is 6.50. The third-order valence-electron chi connectivity index (χ3n) is 4.78. The van der Waals surface area contributed by atoms with Crippen molar-refractivity contribution in [3.05, 3.63) is 29.8 Å². The van der Waals surface area contributed by atoms with E-state index in [1.54, 1.807) is 0 Å². The quantitative estimate of drug-likeness (QED) is 0.830. The van der Waals surface area contributed by atoms with E-state index in [0.29, 0.717) is 5.92 Å². The van der Waals surface area contributed by atoms with Gasteiger partial charge in [0.1, 0.15) is 0 Å². The predicted molar refractivity (Wildman–Crippen MR) is 86.8 cm³/mol. The van der Waals surface area contributed by atoms with Crippen LogP contribution in [0.15, 0.2) is 24.3 Å². The monoisotopic (exact) mass is 286 g/mol. The molecule has 2 heterocycles. The van der Waals surface area contributed by atoms with Gasteiger partial charge in [0, 0.05) is 37.4 Å². The first-order chi connectivity index (χ1) is 10.2. The molecule has 21 heavy (non-hydrogen) atoms. The minimum atomic E-state index is 0.201. The van der Waals surface area contributed by atoms with Gasteiger partial charge in [0.15, 0.2) is 0 Å². The van der Waals surface area contributed by atoms with Crippen LogP contribution in [0.5, 0.6) is 0 Å². The highest BCUT2D eigenvalue weighted by Crippen LogP contribution is 2.22. The maximum absolute atomic E-state index is 12.5. The largest absolute Gasteiger partial charge is 0.372 e. The zero-order chi connectivity index (χ0) is 14.7. The first-order valence-corrected chi connectivity index (χ1v) is 8.38. The van der Waals surface area contributed by atoms with Gasteiger partial charge in [0.25, 0.3) is 5.91 Å². The summed E-state index contributed by atoms with van der Waals surface area (Å²) in [4.78, 5) is 17.0. The summed E-state index contributed by atoms with van der Waals surface area (Å²) in [5.74, 6) is 0.835. The summed E-state index contributed by atoms with van der Waals surface area (Å²) in [7, 11) is 0. The Balaban J connectivity index is 1.67. The molecular weight excluding hydrogens is 260 g/mol. The lowest BCUT2D eigenvalue weighted by Crippen LogP contribution is -2.39. The second-order valence-electron chi connectivity index (χ2n) is 6.59. The van der Waals surface area contributed by atoms with Crippen molar-refractivity contribution in [3.8, 4) is 0 Å². The molecule has 0 saturated carbocycles. The average Bonchev–Trinajstić information content (AvgIpc) is 2.55. The van der Waals surface area contributed by atoms with Crippen molar-refractivity contribution >= 4 is 11.6 Å². The third kappa shape index (κ3) is 3.39. The summed E-state index contributed by atoms with van der Waals surface area (Å²) in [5.41, 5.74) is 2.10. The Labute approximate surface area is 127 Å². The first-order valence-electron chi connectivity index (χ1n) is 8.38. The van der Waals surface area contributed by atoms with Crippen molar-refractivity contribution in [3.63, 3.8) is 0 Å². The number of amides is 1. The summed E-state index contributed by atoms with van der Waals surface area (Å²) in [6.07, 6.45) is 6.30. The highest BCUT2D eigenvalue weighted by molar-refractivity contribution is 5.94. The number of anilines is 1. The van der Waals surface area contributed by atoms with Gasteiger partial charge in [-0.3, -0.25) is 4.79 Å². The van der Waals surface area contributed by atoms with Gasteiger partial charge >= 0.3 is 0 Å². The van der Waals surface area contributed by atoms with Crippen LogP contribution in [0.4, 0.5) is 5.69 Å². The molecule has 0 radical (unpaired) electrons. The van der Waals surface area contributed by atoms with Crippen LogP contribution >= 0.6 is 0 Å². The average molecular weight is 286 g/mol. The molecule has 0 N–H and O–H groups in total. The van der Waals surface area contributed by atoms with Crippen molar-refractivity contribution < 1.29 is 4.79 Å². The lowest BCUT2D eigenvalue weighted by atomic mass is 9.99. The summed E-state index contributed by atoms with van der Waals surface area (Å²) in [5, 5.41) is 0. The van der Waals surface area contributed by atoms with E-state index in [2.05, 4.69) is 24.0 Å². The Bertz CT molecular complexity index is 476. The number of hydrogen-bond donors (Lipinski definition) is 0. The summed E-state index contributed by atoms with van der Waals surface area (Å²) < 4.78 is 0.